The summed E-state index contributed by atoms with van der Waals surface area (Å²) in [4.78, 5) is 36.1. The molecule has 0 aromatic rings. The molecule has 0 bridgehead atoms. The topological polar surface area (TPSA) is 140 Å². The van der Waals surface area contributed by atoms with Crippen LogP contribution in [0.4, 0.5) is 0 Å². The molecule has 1 atom stereocenters. The minimum atomic E-state index is -1.29. The lowest BCUT2D eigenvalue weighted by molar-refractivity contribution is -0.142. The van der Waals surface area contributed by atoms with Crippen molar-refractivity contribution in [1.29, 1.82) is 0 Å². The molecule has 0 saturated carbocycles. The van der Waals surface area contributed by atoms with E-state index in [1.807, 2.05) is 0 Å². The molecule has 0 heterocycles. The lowest BCUT2D eigenvalue weighted by Crippen LogP contribution is -2.41. The predicted molar refractivity (Wildman–Crippen MR) is 66.9 cm³/mol. The molecule has 1 rings (SSSR count). The van der Waals surface area contributed by atoms with Gasteiger partial charge in [0.1, 0.15) is 6.04 Å². The van der Waals surface area contributed by atoms with Crippen molar-refractivity contribution in [2.45, 2.75) is 25.3 Å². The molecule has 1 aliphatic carbocycles. The highest BCUT2D eigenvalue weighted by atomic mass is 16.4. The number of carboxylic acids is 2. The molecule has 1 amide bonds. The van der Waals surface area contributed by atoms with Gasteiger partial charge >= 0.3 is 11.9 Å². The molecule has 0 unspecified atom stereocenters. The van der Waals surface area contributed by atoms with Crippen molar-refractivity contribution in [3.05, 3.63) is 29.3 Å². The SMILES string of the molecule is [N-]=[N+]=C1C=CC(C(=O)N[C@@H](CCC(=O)O)C(=O)O)=CC1. The summed E-state index contributed by atoms with van der Waals surface area (Å²) in [6, 6.07) is -1.26. The van der Waals surface area contributed by atoms with Crippen LogP contribution in [0.15, 0.2) is 23.8 Å². The van der Waals surface area contributed by atoms with Gasteiger partial charge in [0.25, 0.3) is 11.6 Å². The van der Waals surface area contributed by atoms with Crippen LogP contribution >= 0.6 is 0 Å². The molecule has 0 aromatic heterocycles. The smallest absolute Gasteiger partial charge is 0.326 e. The van der Waals surface area contributed by atoms with Crippen molar-refractivity contribution < 1.29 is 29.4 Å². The highest BCUT2D eigenvalue weighted by Crippen LogP contribution is 2.08. The maximum Gasteiger partial charge on any atom is 0.326 e. The van der Waals surface area contributed by atoms with E-state index in [1.54, 1.807) is 0 Å². The minimum Gasteiger partial charge on any atom is -0.481 e. The van der Waals surface area contributed by atoms with Crippen molar-refractivity contribution in [3.63, 3.8) is 0 Å². The summed E-state index contributed by atoms with van der Waals surface area (Å²) in [5, 5.41) is 19.7. The molecule has 0 radical (unpaired) electrons. The molecule has 3 N–H and O–H groups in total. The zero-order valence-electron chi connectivity index (χ0n) is 10.4. The molecule has 1 aliphatic rings. The molecular formula is C12H13N3O5. The molecule has 20 heavy (non-hydrogen) atoms. The largest absolute Gasteiger partial charge is 0.481 e. The first-order chi connectivity index (χ1) is 9.43. The monoisotopic (exact) mass is 279 g/mol. The molecular weight excluding hydrogens is 266 g/mol. The summed E-state index contributed by atoms with van der Waals surface area (Å²) in [7, 11) is 0. The number of hydrogen-bond donors (Lipinski definition) is 3. The van der Waals surface area contributed by atoms with Crippen LogP contribution in [0, 0.1) is 0 Å². The van der Waals surface area contributed by atoms with Gasteiger partial charge in [0.15, 0.2) is 0 Å². The van der Waals surface area contributed by atoms with Gasteiger partial charge in [0.2, 0.25) is 0 Å². The number of amides is 1. The van der Waals surface area contributed by atoms with Crippen LogP contribution in [0.5, 0.6) is 0 Å². The highest BCUT2D eigenvalue weighted by Gasteiger charge is 2.23. The summed E-state index contributed by atoms with van der Waals surface area (Å²) >= 11 is 0. The van der Waals surface area contributed by atoms with Crippen molar-refractivity contribution >= 4 is 23.6 Å². The number of carbonyl (C=O) groups is 3. The number of aliphatic carboxylic acids is 2. The third-order valence-electron chi connectivity index (χ3n) is 2.63. The van der Waals surface area contributed by atoms with Gasteiger partial charge in [-0.3, -0.25) is 9.59 Å². The first-order valence-corrected chi connectivity index (χ1v) is 5.78. The highest BCUT2D eigenvalue weighted by molar-refractivity contribution is 6.03. The molecule has 106 valence electrons. The van der Waals surface area contributed by atoms with Gasteiger partial charge in [0.05, 0.1) is 6.42 Å². The van der Waals surface area contributed by atoms with E-state index in [4.69, 9.17) is 15.7 Å². The van der Waals surface area contributed by atoms with Crippen molar-refractivity contribution in [2.75, 3.05) is 0 Å². The van der Waals surface area contributed by atoms with Gasteiger partial charge < -0.3 is 21.1 Å². The van der Waals surface area contributed by atoms with E-state index in [2.05, 4.69) is 10.1 Å². The summed E-state index contributed by atoms with van der Waals surface area (Å²) in [5.74, 6) is -3.04. The summed E-state index contributed by atoms with van der Waals surface area (Å²) in [5.41, 5.74) is 9.14. The summed E-state index contributed by atoms with van der Waals surface area (Å²) in [6.45, 7) is 0. The van der Waals surface area contributed by atoms with Crippen molar-refractivity contribution in [3.8, 4) is 0 Å². The van der Waals surface area contributed by atoms with E-state index in [0.29, 0.717) is 5.71 Å². The second-order valence-corrected chi connectivity index (χ2v) is 4.08. The molecule has 0 saturated heterocycles. The van der Waals surface area contributed by atoms with Crippen LogP contribution in [-0.4, -0.2) is 44.6 Å². The number of hydrogen-bond acceptors (Lipinski definition) is 3. The van der Waals surface area contributed by atoms with E-state index in [1.165, 1.54) is 18.2 Å². The Labute approximate surface area is 114 Å². The van der Waals surface area contributed by atoms with Crippen LogP contribution in [-0.2, 0) is 14.4 Å². The second-order valence-electron chi connectivity index (χ2n) is 4.08. The van der Waals surface area contributed by atoms with Crippen molar-refractivity contribution in [2.24, 2.45) is 0 Å². The van der Waals surface area contributed by atoms with Gasteiger partial charge in [-0.05, 0) is 12.5 Å². The Kier molecular flexibility index (Phi) is 5.37. The lowest BCUT2D eigenvalue weighted by Gasteiger charge is -2.14. The molecule has 0 fully saturated rings. The number of nitrogens with zero attached hydrogens (tertiary/aromatic N) is 2. The van der Waals surface area contributed by atoms with E-state index in [9.17, 15) is 14.4 Å². The fourth-order valence-electron chi connectivity index (χ4n) is 1.55. The Morgan fingerprint density at radius 2 is 2.05 bits per heavy atom. The van der Waals surface area contributed by atoms with E-state index in [0.717, 1.165) is 0 Å². The Hall–Kier alpha value is -2.73. The number of rotatable bonds is 6. The minimum absolute atomic E-state index is 0.198. The van der Waals surface area contributed by atoms with Gasteiger partial charge in [-0.25, -0.2) is 4.79 Å². The Bertz CT molecular complexity index is 543. The van der Waals surface area contributed by atoms with E-state index >= 15 is 0 Å². The number of carbonyl (C=O) groups excluding carboxylic acids is 1. The van der Waals surface area contributed by atoms with Gasteiger partial charge in [-0.2, -0.15) is 4.79 Å². The molecule has 8 heteroatoms. The molecule has 0 aliphatic heterocycles. The van der Waals surface area contributed by atoms with Gasteiger partial charge in [-0.15, -0.1) is 0 Å². The number of nitrogens with one attached hydrogen (secondary N) is 1. The van der Waals surface area contributed by atoms with Crippen LogP contribution in [0.1, 0.15) is 19.3 Å². The zero-order valence-corrected chi connectivity index (χ0v) is 10.4. The number of carboxylic acid groups (broad SMARTS) is 2. The summed E-state index contributed by atoms with van der Waals surface area (Å²) in [6.07, 6.45) is 4.01. The van der Waals surface area contributed by atoms with Crippen LogP contribution in [0.25, 0.3) is 5.53 Å². The average molecular weight is 279 g/mol. The Morgan fingerprint density at radius 1 is 1.35 bits per heavy atom. The fourth-order valence-corrected chi connectivity index (χ4v) is 1.55. The quantitative estimate of drug-likeness (QED) is 0.463. The molecule has 0 aromatic carbocycles. The normalized spacial score (nSPS) is 15.0. The standard InChI is InChI=1S/C12H13N3O5/c13-15-8-3-1-7(2-4-8)11(18)14-9(12(19)20)5-6-10(16)17/h1-3,9H,4-6H2,(H,14,18)(H,16,17)(H,19,20)/t9-/m0/s1. The van der Waals surface area contributed by atoms with Gasteiger partial charge in [-0.1, -0.05) is 6.08 Å². The van der Waals surface area contributed by atoms with Crippen LogP contribution < -0.4 is 5.32 Å². The number of allylic oxidation sites excluding steroid dienone is 2. The zero-order chi connectivity index (χ0) is 15.1. The average Bonchev–Trinajstić information content (AvgIpc) is 2.42. The first kappa shape index (κ1) is 15.3. The van der Waals surface area contributed by atoms with Gasteiger partial charge in [0, 0.05) is 18.1 Å². The van der Waals surface area contributed by atoms with Crippen LogP contribution in [0.2, 0.25) is 0 Å². The maximum absolute atomic E-state index is 11.8. The van der Waals surface area contributed by atoms with Crippen LogP contribution in [0.3, 0.4) is 0 Å². The summed E-state index contributed by atoms with van der Waals surface area (Å²) < 4.78 is 0. The Morgan fingerprint density at radius 3 is 2.50 bits per heavy atom. The predicted octanol–water partition coefficient (Wildman–Crippen LogP) is -0.0223. The molecule has 8 nitrogen and oxygen atoms in total. The maximum atomic E-state index is 11.8. The lowest BCUT2D eigenvalue weighted by atomic mass is 10.0. The third kappa shape index (κ3) is 4.51. The molecule has 0 spiro atoms. The fraction of sp³-hybridized carbons (Fsp3) is 0.333. The van der Waals surface area contributed by atoms with E-state index < -0.39 is 23.9 Å². The second kappa shape index (κ2) is 7.01. The first-order valence-electron chi connectivity index (χ1n) is 5.78. The van der Waals surface area contributed by atoms with Crippen molar-refractivity contribution in [1.82, 2.24) is 5.32 Å². The Balaban J connectivity index is 2.65. The van der Waals surface area contributed by atoms with E-state index in [-0.39, 0.29) is 24.8 Å². The third-order valence-corrected chi connectivity index (χ3v) is 2.63.